The van der Waals surface area contributed by atoms with Gasteiger partial charge in [-0.2, -0.15) is 0 Å². The van der Waals surface area contributed by atoms with Crippen LogP contribution >= 0.6 is 0 Å². The normalized spacial score (nSPS) is 11.0. The average Bonchev–Trinajstić information content (AvgIpc) is 2.59. The molecule has 2 aromatic carbocycles. The van der Waals surface area contributed by atoms with Gasteiger partial charge in [0.15, 0.2) is 0 Å². The van der Waals surface area contributed by atoms with Crippen molar-refractivity contribution in [2.24, 2.45) is 0 Å². The first-order chi connectivity index (χ1) is 11.4. The lowest BCUT2D eigenvalue weighted by Crippen LogP contribution is -2.29. The van der Waals surface area contributed by atoms with Crippen LogP contribution < -0.4 is 10.1 Å². The Bertz CT molecular complexity index is 815. The summed E-state index contributed by atoms with van der Waals surface area (Å²) in [5, 5.41) is 2.90. The molecule has 7 heteroatoms. The summed E-state index contributed by atoms with van der Waals surface area (Å²) in [4.78, 5) is 13.4. The third-order valence-corrected chi connectivity index (χ3v) is 5.30. The van der Waals surface area contributed by atoms with Crippen molar-refractivity contribution >= 4 is 21.4 Å². The van der Waals surface area contributed by atoms with Gasteiger partial charge in [0.2, 0.25) is 15.7 Å². The van der Waals surface area contributed by atoms with E-state index in [1.165, 1.54) is 30.2 Å². The second kappa shape index (κ2) is 7.35. The summed E-state index contributed by atoms with van der Waals surface area (Å²) in [7, 11) is 1.10. The lowest BCUT2D eigenvalue weighted by atomic mass is 10.3. The first-order valence-electron chi connectivity index (χ1n) is 7.28. The van der Waals surface area contributed by atoms with Gasteiger partial charge in [0, 0.05) is 14.1 Å². The van der Waals surface area contributed by atoms with Gasteiger partial charge < -0.3 is 15.0 Å². The van der Waals surface area contributed by atoms with E-state index in [0.29, 0.717) is 11.4 Å². The summed E-state index contributed by atoms with van der Waals surface area (Å²) in [5.74, 6) is 0.434. The summed E-state index contributed by atoms with van der Waals surface area (Å²) in [6.45, 7) is 0.0160. The highest BCUT2D eigenvalue weighted by atomic mass is 32.2. The van der Waals surface area contributed by atoms with Crippen LogP contribution in [0.4, 0.5) is 5.69 Å². The molecule has 0 spiro atoms. The Morgan fingerprint density at radius 1 is 1.08 bits per heavy atom. The molecule has 2 rings (SSSR count). The van der Waals surface area contributed by atoms with Crippen molar-refractivity contribution in [3.63, 3.8) is 0 Å². The minimum absolute atomic E-state index is 0.0160. The molecular formula is C17H20N2O4S. The summed E-state index contributed by atoms with van der Waals surface area (Å²) in [6.07, 6.45) is 0. The maximum Gasteiger partial charge on any atom is 0.241 e. The predicted molar refractivity (Wildman–Crippen MR) is 92.1 cm³/mol. The first kappa shape index (κ1) is 17.8. The van der Waals surface area contributed by atoms with Crippen LogP contribution in [0.3, 0.4) is 0 Å². The van der Waals surface area contributed by atoms with Crippen molar-refractivity contribution in [3.8, 4) is 5.75 Å². The van der Waals surface area contributed by atoms with E-state index >= 15 is 0 Å². The van der Waals surface area contributed by atoms with Gasteiger partial charge in [-0.3, -0.25) is 4.79 Å². The summed E-state index contributed by atoms with van der Waals surface area (Å²) < 4.78 is 30.8. The number of methoxy groups -OCH3 is 1. The SMILES string of the molecule is COc1ccc(S(=O)(=O)c2ccccc2NCC(=O)N(C)C)cc1. The van der Waals surface area contributed by atoms with Crippen LogP contribution in [0.15, 0.2) is 58.3 Å². The molecule has 0 aliphatic heterocycles. The molecule has 0 aromatic heterocycles. The maximum absolute atomic E-state index is 12.9. The molecule has 0 fully saturated rings. The van der Waals surface area contributed by atoms with Crippen LogP contribution in [0, 0.1) is 0 Å². The van der Waals surface area contributed by atoms with Gasteiger partial charge in [0.1, 0.15) is 5.75 Å². The molecule has 0 bridgehead atoms. The van der Waals surface area contributed by atoms with E-state index in [0.717, 1.165) is 0 Å². The number of nitrogens with zero attached hydrogens (tertiary/aromatic N) is 1. The predicted octanol–water partition coefficient (Wildman–Crippen LogP) is 2.03. The maximum atomic E-state index is 12.9. The van der Waals surface area contributed by atoms with Crippen molar-refractivity contribution in [3.05, 3.63) is 48.5 Å². The van der Waals surface area contributed by atoms with Crippen molar-refractivity contribution in [2.45, 2.75) is 9.79 Å². The number of nitrogens with one attached hydrogen (secondary N) is 1. The number of hydrogen-bond donors (Lipinski definition) is 1. The number of carbonyl (C=O) groups excluding carboxylic acids is 1. The minimum atomic E-state index is -3.71. The van der Waals surface area contributed by atoms with Crippen molar-refractivity contribution in [1.29, 1.82) is 0 Å². The topological polar surface area (TPSA) is 75.7 Å². The Balaban J connectivity index is 2.34. The Kier molecular flexibility index (Phi) is 5.46. The second-order valence-corrected chi connectivity index (χ2v) is 7.23. The number of sulfone groups is 1. The van der Waals surface area contributed by atoms with Crippen molar-refractivity contribution in [1.82, 2.24) is 4.90 Å². The molecule has 0 heterocycles. The molecule has 0 atom stereocenters. The van der Waals surface area contributed by atoms with Gasteiger partial charge in [0.05, 0.1) is 29.1 Å². The molecule has 0 radical (unpaired) electrons. The van der Waals surface area contributed by atoms with E-state index in [9.17, 15) is 13.2 Å². The Morgan fingerprint density at radius 3 is 2.29 bits per heavy atom. The molecule has 24 heavy (non-hydrogen) atoms. The second-order valence-electron chi connectivity index (χ2n) is 5.32. The minimum Gasteiger partial charge on any atom is -0.497 e. The van der Waals surface area contributed by atoms with Crippen LogP contribution in [0.1, 0.15) is 0 Å². The van der Waals surface area contributed by atoms with Gasteiger partial charge >= 0.3 is 0 Å². The number of hydrogen-bond acceptors (Lipinski definition) is 5. The fraction of sp³-hybridized carbons (Fsp3) is 0.235. The van der Waals surface area contributed by atoms with Gasteiger partial charge in [-0.1, -0.05) is 12.1 Å². The van der Waals surface area contributed by atoms with Gasteiger partial charge in [-0.15, -0.1) is 0 Å². The molecule has 0 aliphatic carbocycles. The van der Waals surface area contributed by atoms with Crippen LogP contribution in [0.2, 0.25) is 0 Å². The number of amides is 1. The largest absolute Gasteiger partial charge is 0.497 e. The van der Waals surface area contributed by atoms with Gasteiger partial charge in [-0.25, -0.2) is 8.42 Å². The number of rotatable bonds is 6. The number of carbonyl (C=O) groups is 1. The molecule has 2 aromatic rings. The lowest BCUT2D eigenvalue weighted by Gasteiger charge is -2.15. The summed E-state index contributed by atoms with van der Waals surface area (Å²) in [6, 6.07) is 12.7. The fourth-order valence-electron chi connectivity index (χ4n) is 2.06. The zero-order valence-electron chi connectivity index (χ0n) is 13.8. The highest BCUT2D eigenvalue weighted by molar-refractivity contribution is 7.91. The van der Waals surface area contributed by atoms with E-state index in [4.69, 9.17) is 4.74 Å². The molecule has 6 nitrogen and oxygen atoms in total. The highest BCUT2D eigenvalue weighted by Gasteiger charge is 2.21. The number of para-hydroxylation sites is 1. The highest BCUT2D eigenvalue weighted by Crippen LogP contribution is 2.28. The molecular weight excluding hydrogens is 328 g/mol. The average molecular weight is 348 g/mol. The summed E-state index contributed by atoms with van der Waals surface area (Å²) >= 11 is 0. The van der Waals surface area contributed by atoms with Gasteiger partial charge in [-0.05, 0) is 36.4 Å². The zero-order chi connectivity index (χ0) is 17.7. The van der Waals surface area contributed by atoms with E-state index in [-0.39, 0.29) is 22.2 Å². The first-order valence-corrected chi connectivity index (χ1v) is 8.77. The van der Waals surface area contributed by atoms with Crippen LogP contribution in [0.5, 0.6) is 5.75 Å². The van der Waals surface area contributed by atoms with Crippen molar-refractivity contribution in [2.75, 3.05) is 33.1 Å². The zero-order valence-corrected chi connectivity index (χ0v) is 14.6. The molecule has 0 aliphatic rings. The molecule has 1 N–H and O–H groups in total. The van der Waals surface area contributed by atoms with Crippen LogP contribution in [0.25, 0.3) is 0 Å². The monoisotopic (exact) mass is 348 g/mol. The van der Waals surface area contributed by atoms with E-state index < -0.39 is 9.84 Å². The molecule has 128 valence electrons. The third-order valence-electron chi connectivity index (χ3n) is 3.48. The van der Waals surface area contributed by atoms with E-state index in [1.807, 2.05) is 0 Å². The number of ether oxygens (including phenoxy) is 1. The molecule has 0 unspecified atom stereocenters. The smallest absolute Gasteiger partial charge is 0.241 e. The standard InChI is InChI=1S/C17H20N2O4S/c1-19(2)17(20)12-18-15-6-4-5-7-16(15)24(21,22)14-10-8-13(23-3)9-11-14/h4-11,18H,12H2,1-3H3. The van der Waals surface area contributed by atoms with E-state index in [1.54, 1.807) is 44.4 Å². The molecule has 0 saturated carbocycles. The fourth-order valence-corrected chi connectivity index (χ4v) is 3.49. The quantitative estimate of drug-likeness (QED) is 0.864. The number of likely N-dealkylation sites (N-methyl/N-ethyl adjacent to an activating group) is 1. The molecule has 0 saturated heterocycles. The Labute approximate surface area is 142 Å². The lowest BCUT2D eigenvalue weighted by molar-refractivity contribution is -0.126. The summed E-state index contributed by atoms with van der Waals surface area (Å²) in [5.41, 5.74) is 0.392. The number of benzene rings is 2. The van der Waals surface area contributed by atoms with E-state index in [2.05, 4.69) is 5.32 Å². The van der Waals surface area contributed by atoms with Crippen LogP contribution in [-0.4, -0.2) is 47.0 Å². The Hall–Kier alpha value is -2.54. The van der Waals surface area contributed by atoms with Crippen LogP contribution in [-0.2, 0) is 14.6 Å². The van der Waals surface area contributed by atoms with Gasteiger partial charge in [0.25, 0.3) is 0 Å². The number of anilines is 1. The van der Waals surface area contributed by atoms with Crippen molar-refractivity contribution < 1.29 is 17.9 Å². The molecule has 1 amide bonds. The third kappa shape index (κ3) is 3.86. The Morgan fingerprint density at radius 2 is 1.71 bits per heavy atom.